The second-order valence-corrected chi connectivity index (χ2v) is 7.97. The third kappa shape index (κ3) is 4.72. The molecule has 0 saturated carbocycles. The van der Waals surface area contributed by atoms with Gasteiger partial charge in [-0.2, -0.15) is 0 Å². The van der Waals surface area contributed by atoms with E-state index in [1.165, 1.54) is 0 Å². The lowest BCUT2D eigenvalue weighted by Gasteiger charge is -2.08. The molecule has 1 heterocycles. The van der Waals surface area contributed by atoms with Gasteiger partial charge in [0, 0.05) is 32.0 Å². The van der Waals surface area contributed by atoms with Crippen LogP contribution in [-0.4, -0.2) is 18.4 Å². The number of amides is 2. The van der Waals surface area contributed by atoms with Crippen molar-refractivity contribution < 1.29 is 14.3 Å². The summed E-state index contributed by atoms with van der Waals surface area (Å²) in [7, 11) is 0. The van der Waals surface area contributed by atoms with Crippen molar-refractivity contribution in [1.29, 1.82) is 0 Å². The fourth-order valence-electron chi connectivity index (χ4n) is 3.01. The summed E-state index contributed by atoms with van der Waals surface area (Å²) >= 11 is 9.41. The lowest BCUT2D eigenvalue weighted by molar-refractivity contribution is -0.118. The second kappa shape index (κ2) is 8.73. The number of rotatable bonds is 5. The third-order valence-electron chi connectivity index (χ3n) is 4.45. The van der Waals surface area contributed by atoms with Crippen LogP contribution in [-0.2, 0) is 9.59 Å². The highest BCUT2D eigenvalue weighted by Crippen LogP contribution is 2.35. The van der Waals surface area contributed by atoms with Crippen molar-refractivity contribution in [2.75, 3.05) is 17.2 Å². The molecular formula is C23H16BrClN2O3. The first-order valence-electron chi connectivity index (χ1n) is 9.09. The number of halogens is 2. The van der Waals surface area contributed by atoms with Crippen LogP contribution in [0.15, 0.2) is 71.2 Å². The fourth-order valence-corrected chi connectivity index (χ4v) is 3.45. The number of ether oxygens (including phenoxy) is 1. The summed E-state index contributed by atoms with van der Waals surface area (Å²) in [5.41, 5.74) is 3.60. The smallest absolute Gasteiger partial charge is 0.262 e. The molecule has 3 aromatic carbocycles. The Kier molecular flexibility index (Phi) is 5.88. The van der Waals surface area contributed by atoms with Crippen molar-refractivity contribution in [1.82, 2.24) is 0 Å². The SMILES string of the molecule is O=C(COc1ccc(/C=C2\C(=O)Nc3ccc(Cl)cc32)cc1)Nc1ccc(Br)cc1. The van der Waals surface area contributed by atoms with Crippen molar-refractivity contribution >= 4 is 62.4 Å². The van der Waals surface area contributed by atoms with Gasteiger partial charge in [-0.3, -0.25) is 9.59 Å². The first kappa shape index (κ1) is 20.2. The van der Waals surface area contributed by atoms with E-state index < -0.39 is 0 Å². The number of anilines is 2. The summed E-state index contributed by atoms with van der Waals surface area (Å²) in [6, 6.07) is 19.7. The van der Waals surface area contributed by atoms with E-state index in [9.17, 15) is 9.59 Å². The zero-order valence-corrected chi connectivity index (χ0v) is 18.0. The molecule has 150 valence electrons. The molecule has 3 aromatic rings. The van der Waals surface area contributed by atoms with Crippen molar-refractivity contribution in [2.24, 2.45) is 0 Å². The van der Waals surface area contributed by atoms with Gasteiger partial charge in [-0.05, 0) is 66.2 Å². The molecule has 0 aromatic heterocycles. The van der Waals surface area contributed by atoms with Gasteiger partial charge in [0.25, 0.3) is 11.8 Å². The van der Waals surface area contributed by atoms with E-state index in [4.69, 9.17) is 16.3 Å². The number of benzene rings is 3. The van der Waals surface area contributed by atoms with E-state index in [1.54, 1.807) is 48.5 Å². The molecule has 2 amide bonds. The van der Waals surface area contributed by atoms with Crippen molar-refractivity contribution in [3.05, 3.63) is 87.4 Å². The quantitative estimate of drug-likeness (QED) is 0.463. The lowest BCUT2D eigenvalue weighted by Crippen LogP contribution is -2.20. The van der Waals surface area contributed by atoms with Crippen LogP contribution in [0.5, 0.6) is 5.75 Å². The molecule has 7 heteroatoms. The Morgan fingerprint density at radius 2 is 1.80 bits per heavy atom. The zero-order chi connectivity index (χ0) is 21.1. The van der Waals surface area contributed by atoms with E-state index in [1.807, 2.05) is 24.3 Å². The Hall–Kier alpha value is -3.09. The van der Waals surface area contributed by atoms with E-state index in [0.717, 1.165) is 21.3 Å². The number of carbonyl (C=O) groups is 2. The van der Waals surface area contributed by atoms with Crippen LogP contribution in [0.4, 0.5) is 11.4 Å². The molecule has 1 aliphatic rings. The van der Waals surface area contributed by atoms with E-state index in [0.29, 0.717) is 22.0 Å². The summed E-state index contributed by atoms with van der Waals surface area (Å²) in [5, 5.41) is 6.16. The van der Waals surface area contributed by atoms with Gasteiger partial charge >= 0.3 is 0 Å². The molecule has 2 N–H and O–H groups in total. The Balaban J connectivity index is 1.39. The highest BCUT2D eigenvalue weighted by Gasteiger charge is 2.24. The van der Waals surface area contributed by atoms with Crippen molar-refractivity contribution in [3.63, 3.8) is 0 Å². The Morgan fingerprint density at radius 1 is 1.07 bits per heavy atom. The molecule has 0 bridgehead atoms. The minimum atomic E-state index is -0.250. The topological polar surface area (TPSA) is 67.4 Å². The molecule has 0 saturated heterocycles. The molecule has 0 aliphatic carbocycles. The molecule has 1 aliphatic heterocycles. The van der Waals surface area contributed by atoms with Crippen LogP contribution >= 0.6 is 27.5 Å². The summed E-state index contributed by atoms with van der Waals surface area (Å²) in [6.45, 7) is -0.106. The number of hydrogen-bond acceptors (Lipinski definition) is 3. The van der Waals surface area contributed by atoms with E-state index in [-0.39, 0.29) is 18.4 Å². The lowest BCUT2D eigenvalue weighted by atomic mass is 10.0. The number of nitrogens with one attached hydrogen (secondary N) is 2. The molecule has 0 fully saturated rings. The summed E-state index contributed by atoms with van der Waals surface area (Å²) in [6.07, 6.45) is 1.79. The van der Waals surface area contributed by atoms with Gasteiger partial charge in [-0.15, -0.1) is 0 Å². The largest absolute Gasteiger partial charge is 0.484 e. The fraction of sp³-hybridized carbons (Fsp3) is 0.0435. The molecule has 5 nitrogen and oxygen atoms in total. The Morgan fingerprint density at radius 3 is 2.53 bits per heavy atom. The Bertz CT molecular complexity index is 1140. The molecule has 0 unspecified atom stereocenters. The van der Waals surface area contributed by atoms with Gasteiger partial charge in [-0.1, -0.05) is 39.7 Å². The van der Waals surface area contributed by atoms with Crippen LogP contribution in [0, 0.1) is 0 Å². The molecule has 0 spiro atoms. The molecule has 0 atom stereocenters. The monoisotopic (exact) mass is 482 g/mol. The normalized spacial score (nSPS) is 13.7. The predicted octanol–water partition coefficient (Wildman–Crippen LogP) is 5.61. The third-order valence-corrected chi connectivity index (χ3v) is 5.22. The van der Waals surface area contributed by atoms with Gasteiger partial charge in [0.05, 0.1) is 0 Å². The van der Waals surface area contributed by atoms with Crippen LogP contribution in [0.3, 0.4) is 0 Å². The Labute approximate surface area is 186 Å². The maximum atomic E-state index is 12.3. The number of hydrogen-bond donors (Lipinski definition) is 2. The average Bonchev–Trinajstić information content (AvgIpc) is 3.04. The van der Waals surface area contributed by atoms with Crippen LogP contribution in [0.2, 0.25) is 5.02 Å². The molecule has 4 rings (SSSR count). The second-order valence-electron chi connectivity index (χ2n) is 6.61. The highest BCUT2D eigenvalue weighted by atomic mass is 79.9. The van der Waals surface area contributed by atoms with Crippen molar-refractivity contribution in [2.45, 2.75) is 0 Å². The van der Waals surface area contributed by atoms with E-state index >= 15 is 0 Å². The van der Waals surface area contributed by atoms with Gasteiger partial charge in [-0.25, -0.2) is 0 Å². The van der Waals surface area contributed by atoms with Crippen LogP contribution < -0.4 is 15.4 Å². The van der Waals surface area contributed by atoms with E-state index in [2.05, 4.69) is 26.6 Å². The highest BCUT2D eigenvalue weighted by molar-refractivity contribution is 9.10. The first-order valence-corrected chi connectivity index (χ1v) is 10.3. The molecule has 30 heavy (non-hydrogen) atoms. The zero-order valence-electron chi connectivity index (χ0n) is 15.6. The van der Waals surface area contributed by atoms with Gasteiger partial charge in [0.1, 0.15) is 5.75 Å². The standard InChI is InChI=1S/C23H16BrClN2O3/c24-15-3-6-17(7-4-15)26-22(28)13-30-18-8-1-14(2-9-18)11-20-19-12-16(25)5-10-21(19)27-23(20)29/h1-12H,13H2,(H,26,28)(H,27,29)/b20-11-. The minimum absolute atomic E-state index is 0.106. The maximum absolute atomic E-state index is 12.3. The first-order chi connectivity index (χ1) is 14.5. The average molecular weight is 484 g/mol. The predicted molar refractivity (Wildman–Crippen MR) is 123 cm³/mol. The summed E-state index contributed by atoms with van der Waals surface area (Å²) in [5.74, 6) is 0.138. The van der Waals surface area contributed by atoms with Gasteiger partial charge in [0.2, 0.25) is 0 Å². The minimum Gasteiger partial charge on any atom is -0.484 e. The van der Waals surface area contributed by atoms with Crippen LogP contribution in [0.1, 0.15) is 11.1 Å². The number of fused-ring (bicyclic) bond motifs is 1. The van der Waals surface area contributed by atoms with Crippen LogP contribution in [0.25, 0.3) is 11.6 Å². The summed E-state index contributed by atoms with van der Waals surface area (Å²) < 4.78 is 6.48. The van der Waals surface area contributed by atoms with Crippen molar-refractivity contribution in [3.8, 4) is 5.75 Å². The van der Waals surface area contributed by atoms with Gasteiger partial charge in [0.15, 0.2) is 6.61 Å². The maximum Gasteiger partial charge on any atom is 0.262 e. The molecule has 0 radical (unpaired) electrons. The van der Waals surface area contributed by atoms with Gasteiger partial charge < -0.3 is 15.4 Å². The number of carbonyl (C=O) groups excluding carboxylic acids is 2. The molecular weight excluding hydrogens is 468 g/mol. The summed E-state index contributed by atoms with van der Waals surface area (Å²) in [4.78, 5) is 24.3.